The van der Waals surface area contributed by atoms with E-state index < -0.39 is 5.41 Å². The van der Waals surface area contributed by atoms with Crippen molar-refractivity contribution in [2.45, 2.75) is 5.41 Å². The largest absolute Gasteiger partial charge is 0.455 e. The molecule has 304 valence electrons. The minimum Gasteiger partial charge on any atom is -0.455 e. The van der Waals surface area contributed by atoms with Gasteiger partial charge in [-0.1, -0.05) is 206 Å². The Balaban J connectivity index is 0.954. The SMILES string of the molecule is c1ccc(-c2cccc(N(c3ccc(-c4cccc5c4oc4c5ccc5ccc6ccccc6c54)cc3)c3ccc(C4(c5ccccc5)c5ccccc5-c5ccccc54)cc3)c2)cc1. The number of nitrogens with zero attached hydrogens (tertiary/aromatic N) is 1. The summed E-state index contributed by atoms with van der Waals surface area (Å²) in [5.41, 5.74) is 16.8. The predicted molar refractivity (Wildman–Crippen MR) is 272 cm³/mol. The number of rotatable bonds is 7. The van der Waals surface area contributed by atoms with Crippen LogP contribution in [-0.4, -0.2) is 0 Å². The molecule has 2 nitrogen and oxygen atoms in total. The number of furan rings is 1. The molecule has 2 heteroatoms. The van der Waals surface area contributed by atoms with Gasteiger partial charge in [0.2, 0.25) is 0 Å². The number of para-hydroxylation sites is 1. The zero-order valence-electron chi connectivity index (χ0n) is 35.5. The molecule has 0 N–H and O–H groups in total. The van der Waals surface area contributed by atoms with Crippen molar-refractivity contribution >= 4 is 60.5 Å². The first-order chi connectivity index (χ1) is 32.2. The Kier molecular flexibility index (Phi) is 8.47. The van der Waals surface area contributed by atoms with Crippen molar-refractivity contribution in [3.63, 3.8) is 0 Å². The molecule has 0 unspecified atom stereocenters. The maximum absolute atomic E-state index is 6.96. The quantitative estimate of drug-likeness (QED) is 0.149. The normalized spacial score (nSPS) is 12.7. The van der Waals surface area contributed by atoms with Crippen molar-refractivity contribution in [1.82, 2.24) is 0 Å². The van der Waals surface area contributed by atoms with Gasteiger partial charge in [-0.05, 0) is 109 Å². The zero-order chi connectivity index (χ0) is 42.9. The van der Waals surface area contributed by atoms with E-state index in [0.717, 1.165) is 55.5 Å². The van der Waals surface area contributed by atoms with E-state index in [2.05, 4.69) is 254 Å². The molecule has 0 atom stereocenters. The molecule has 1 aliphatic carbocycles. The smallest absolute Gasteiger partial charge is 0.143 e. The minimum absolute atomic E-state index is 0.469. The van der Waals surface area contributed by atoms with E-state index in [4.69, 9.17) is 4.42 Å². The van der Waals surface area contributed by atoms with E-state index in [1.165, 1.54) is 60.7 Å². The van der Waals surface area contributed by atoms with Gasteiger partial charge >= 0.3 is 0 Å². The number of fused-ring (bicyclic) bond motifs is 10. The molecule has 0 saturated heterocycles. The van der Waals surface area contributed by atoms with Gasteiger partial charge in [0.1, 0.15) is 11.2 Å². The summed E-state index contributed by atoms with van der Waals surface area (Å²) in [7, 11) is 0. The molecule has 11 aromatic carbocycles. The van der Waals surface area contributed by atoms with Crippen molar-refractivity contribution in [3.05, 3.63) is 271 Å². The van der Waals surface area contributed by atoms with E-state index in [1.54, 1.807) is 0 Å². The maximum atomic E-state index is 6.96. The standard InChI is InChI=1S/C63H41NO/c1-3-15-42(16-4-1)46-18-13-21-51(41-46)64(50-38-34-48(35-39-50)63(47-19-5-2-6-20-47)58-27-11-9-23-54(58)55-24-10-12-28-59(55)63)49-36-31-44(32-37-49)53-25-14-26-56-57-40-33-45-30-29-43-17-7-8-22-52(43)60(45)62(57)65-61(53)56/h1-41H. The van der Waals surface area contributed by atoms with E-state index in [1.807, 2.05) is 0 Å². The van der Waals surface area contributed by atoms with Gasteiger partial charge in [0.25, 0.3) is 0 Å². The van der Waals surface area contributed by atoms with Crippen molar-refractivity contribution in [2.24, 2.45) is 0 Å². The van der Waals surface area contributed by atoms with Crippen LogP contribution in [0.4, 0.5) is 17.1 Å². The molecule has 12 aromatic rings. The lowest BCUT2D eigenvalue weighted by Gasteiger charge is -2.34. The van der Waals surface area contributed by atoms with Crippen LogP contribution in [0.5, 0.6) is 0 Å². The average Bonchev–Trinajstić information content (AvgIpc) is 3.92. The van der Waals surface area contributed by atoms with E-state index in [-0.39, 0.29) is 0 Å². The van der Waals surface area contributed by atoms with E-state index in [0.29, 0.717) is 0 Å². The van der Waals surface area contributed by atoms with Gasteiger partial charge in [0.05, 0.1) is 5.41 Å². The van der Waals surface area contributed by atoms with Crippen LogP contribution in [0.1, 0.15) is 22.3 Å². The molecule has 65 heavy (non-hydrogen) atoms. The molecule has 13 rings (SSSR count). The molecule has 0 radical (unpaired) electrons. The highest BCUT2D eigenvalue weighted by atomic mass is 16.3. The number of benzene rings is 11. The number of anilines is 3. The van der Waals surface area contributed by atoms with E-state index in [9.17, 15) is 0 Å². The summed E-state index contributed by atoms with van der Waals surface area (Å²) in [6.45, 7) is 0. The lowest BCUT2D eigenvalue weighted by atomic mass is 9.68. The lowest BCUT2D eigenvalue weighted by molar-refractivity contribution is 0.674. The van der Waals surface area contributed by atoms with Crippen LogP contribution in [0.3, 0.4) is 0 Å². The molecule has 0 fully saturated rings. The fourth-order valence-corrected chi connectivity index (χ4v) is 10.8. The molecule has 0 spiro atoms. The molecular formula is C63H41NO. The summed E-state index contributed by atoms with van der Waals surface area (Å²) in [5.74, 6) is 0. The third-order valence-corrected chi connectivity index (χ3v) is 13.7. The van der Waals surface area contributed by atoms with Gasteiger partial charge in [-0.3, -0.25) is 0 Å². The highest BCUT2D eigenvalue weighted by molar-refractivity contribution is 6.24. The van der Waals surface area contributed by atoms with Crippen LogP contribution >= 0.6 is 0 Å². The summed E-state index contributed by atoms with van der Waals surface area (Å²) in [4.78, 5) is 2.38. The van der Waals surface area contributed by atoms with Crippen LogP contribution in [0, 0.1) is 0 Å². The van der Waals surface area contributed by atoms with Crippen molar-refractivity contribution in [3.8, 4) is 33.4 Å². The van der Waals surface area contributed by atoms with Gasteiger partial charge in [-0.25, -0.2) is 0 Å². The van der Waals surface area contributed by atoms with Gasteiger partial charge in [0, 0.05) is 38.8 Å². The average molecular weight is 828 g/mol. The van der Waals surface area contributed by atoms with E-state index >= 15 is 0 Å². The minimum atomic E-state index is -0.469. The molecular weight excluding hydrogens is 787 g/mol. The number of hydrogen-bond acceptors (Lipinski definition) is 2. The Hall–Kier alpha value is -8.46. The molecule has 0 bridgehead atoms. The summed E-state index contributed by atoms with van der Waals surface area (Å²) < 4.78 is 6.96. The van der Waals surface area contributed by atoms with Crippen molar-refractivity contribution in [1.29, 1.82) is 0 Å². The van der Waals surface area contributed by atoms with Gasteiger partial charge in [0.15, 0.2) is 0 Å². The summed E-state index contributed by atoms with van der Waals surface area (Å²) in [6.07, 6.45) is 0. The summed E-state index contributed by atoms with van der Waals surface area (Å²) in [6, 6.07) is 90.6. The number of hydrogen-bond donors (Lipinski definition) is 0. The molecule has 1 aliphatic rings. The lowest BCUT2D eigenvalue weighted by Crippen LogP contribution is -2.28. The Morgan fingerprint density at radius 2 is 0.846 bits per heavy atom. The van der Waals surface area contributed by atoms with Crippen LogP contribution in [0.2, 0.25) is 0 Å². The Morgan fingerprint density at radius 3 is 1.60 bits per heavy atom. The zero-order valence-corrected chi connectivity index (χ0v) is 35.5. The first-order valence-corrected chi connectivity index (χ1v) is 22.4. The molecule has 0 saturated carbocycles. The van der Waals surface area contributed by atoms with Crippen LogP contribution in [-0.2, 0) is 5.41 Å². The maximum Gasteiger partial charge on any atom is 0.143 e. The fraction of sp³-hybridized carbons (Fsp3) is 0.0159. The Morgan fingerprint density at radius 1 is 0.308 bits per heavy atom. The van der Waals surface area contributed by atoms with Crippen LogP contribution in [0.25, 0.3) is 76.9 Å². The van der Waals surface area contributed by atoms with Crippen molar-refractivity contribution < 1.29 is 4.42 Å². The molecule has 0 amide bonds. The third kappa shape index (κ3) is 5.74. The van der Waals surface area contributed by atoms with Crippen LogP contribution < -0.4 is 4.90 Å². The molecule has 1 heterocycles. The van der Waals surface area contributed by atoms with Gasteiger partial charge in [-0.15, -0.1) is 0 Å². The Bertz CT molecular complexity index is 3710. The second-order valence-electron chi connectivity index (χ2n) is 17.2. The molecule has 0 aliphatic heterocycles. The summed E-state index contributed by atoms with van der Waals surface area (Å²) in [5, 5.41) is 7.01. The topological polar surface area (TPSA) is 16.4 Å². The third-order valence-electron chi connectivity index (χ3n) is 13.7. The monoisotopic (exact) mass is 827 g/mol. The summed E-state index contributed by atoms with van der Waals surface area (Å²) >= 11 is 0. The first-order valence-electron chi connectivity index (χ1n) is 22.4. The first kappa shape index (κ1) is 37.1. The van der Waals surface area contributed by atoms with Crippen molar-refractivity contribution in [2.75, 3.05) is 4.90 Å². The second kappa shape index (κ2) is 14.8. The fourth-order valence-electron chi connectivity index (χ4n) is 10.8. The highest BCUT2D eigenvalue weighted by Gasteiger charge is 2.45. The molecule has 1 aromatic heterocycles. The van der Waals surface area contributed by atoms with Crippen LogP contribution in [0.15, 0.2) is 253 Å². The second-order valence-corrected chi connectivity index (χ2v) is 17.2. The highest BCUT2D eigenvalue weighted by Crippen LogP contribution is 2.56. The predicted octanol–water partition coefficient (Wildman–Crippen LogP) is 17.1. The van der Waals surface area contributed by atoms with Gasteiger partial charge in [-0.2, -0.15) is 0 Å². The Labute approximate surface area is 377 Å². The van der Waals surface area contributed by atoms with Gasteiger partial charge < -0.3 is 9.32 Å².